The number of carbonyl (C=O) groups excluding carboxylic acids is 3. The highest BCUT2D eigenvalue weighted by Gasteiger charge is 2.24. The van der Waals surface area contributed by atoms with Gasteiger partial charge in [-0.15, -0.1) is 11.3 Å². The number of aryl methyl sites for hydroxylation is 1. The van der Waals surface area contributed by atoms with Gasteiger partial charge in [-0.05, 0) is 36.8 Å². The van der Waals surface area contributed by atoms with Gasteiger partial charge in [0.15, 0.2) is 0 Å². The second-order valence-corrected chi connectivity index (χ2v) is 8.30. The molecule has 0 saturated carbocycles. The van der Waals surface area contributed by atoms with E-state index in [2.05, 4.69) is 17.8 Å². The number of fused-ring (bicyclic) bond motifs is 1. The third-order valence-electron chi connectivity index (χ3n) is 4.48. The third-order valence-corrected chi connectivity index (χ3v) is 6.61. The van der Waals surface area contributed by atoms with Gasteiger partial charge in [-0.2, -0.15) is 0 Å². The molecule has 1 fully saturated rings. The summed E-state index contributed by atoms with van der Waals surface area (Å²) in [5.74, 6) is 0.737. The number of thioether (sulfide) groups is 1. The van der Waals surface area contributed by atoms with E-state index in [9.17, 15) is 14.4 Å². The molecule has 1 aliphatic carbocycles. The van der Waals surface area contributed by atoms with Gasteiger partial charge in [0, 0.05) is 17.2 Å². The second-order valence-electron chi connectivity index (χ2n) is 6.11. The molecule has 2 aliphatic rings. The lowest BCUT2D eigenvalue weighted by Crippen LogP contribution is -2.46. The first-order valence-electron chi connectivity index (χ1n) is 8.19. The second kappa shape index (κ2) is 7.57. The van der Waals surface area contributed by atoms with Crippen LogP contribution in [-0.2, 0) is 17.6 Å². The molecule has 1 aromatic rings. The maximum atomic E-state index is 12.2. The highest BCUT2D eigenvalue weighted by molar-refractivity contribution is 8.13. The number of amides is 3. The summed E-state index contributed by atoms with van der Waals surface area (Å²) >= 11 is 2.72. The normalized spacial score (nSPS) is 20.0. The Bertz CT molecular complexity index is 659. The predicted octanol–water partition coefficient (Wildman–Crippen LogP) is 2.19. The minimum atomic E-state index is -0.383. The number of thiophene rings is 1. The van der Waals surface area contributed by atoms with Crippen molar-refractivity contribution >= 4 is 40.2 Å². The van der Waals surface area contributed by atoms with Gasteiger partial charge >= 0.3 is 0 Å². The lowest BCUT2D eigenvalue weighted by atomic mass is 9.87. The van der Waals surface area contributed by atoms with E-state index >= 15 is 0 Å². The van der Waals surface area contributed by atoms with E-state index in [0.717, 1.165) is 12.8 Å². The zero-order valence-corrected chi connectivity index (χ0v) is 15.2. The molecule has 3 rings (SSSR count). The van der Waals surface area contributed by atoms with Gasteiger partial charge in [-0.25, -0.2) is 0 Å². The summed E-state index contributed by atoms with van der Waals surface area (Å²) < 4.78 is 0. The van der Waals surface area contributed by atoms with Crippen molar-refractivity contribution in [3.05, 3.63) is 21.4 Å². The maximum Gasteiger partial charge on any atom is 0.282 e. The SMILES string of the molecule is CC[C@H]1CCc2sc(C(=O)NNC(=O)CN3CCSC3=O)cc2C1. The average molecular weight is 367 g/mol. The van der Waals surface area contributed by atoms with Crippen LogP contribution in [0, 0.1) is 5.92 Å². The van der Waals surface area contributed by atoms with Crippen molar-refractivity contribution in [2.24, 2.45) is 5.92 Å². The largest absolute Gasteiger partial charge is 0.323 e. The number of hydrogen-bond acceptors (Lipinski definition) is 5. The zero-order chi connectivity index (χ0) is 17.1. The summed E-state index contributed by atoms with van der Waals surface area (Å²) in [6.07, 6.45) is 4.42. The first-order chi connectivity index (χ1) is 11.6. The highest BCUT2D eigenvalue weighted by atomic mass is 32.2. The van der Waals surface area contributed by atoms with Crippen molar-refractivity contribution in [2.75, 3.05) is 18.8 Å². The summed E-state index contributed by atoms with van der Waals surface area (Å²) in [5, 5.41) is -0.0899. The Morgan fingerprint density at radius 2 is 2.21 bits per heavy atom. The topological polar surface area (TPSA) is 78.5 Å². The maximum absolute atomic E-state index is 12.2. The molecular formula is C16H21N3O3S2. The standard InChI is InChI=1S/C16H21N3O3S2/c1-2-10-3-4-12-11(7-10)8-13(24-12)15(21)18-17-14(20)9-19-5-6-23-16(19)22/h8,10H,2-7,9H2,1H3,(H,17,20)(H,18,21)/t10-/m0/s1. The fourth-order valence-corrected chi connectivity index (χ4v) is 4.96. The van der Waals surface area contributed by atoms with Gasteiger partial charge in [0.05, 0.1) is 4.88 Å². The molecule has 2 N–H and O–H groups in total. The van der Waals surface area contributed by atoms with Crippen LogP contribution in [0.1, 0.15) is 39.9 Å². The number of nitrogens with one attached hydrogen (secondary N) is 2. The number of rotatable bonds is 4. The Hall–Kier alpha value is -1.54. The van der Waals surface area contributed by atoms with Gasteiger partial charge in [-0.1, -0.05) is 25.1 Å². The molecule has 1 aromatic heterocycles. The van der Waals surface area contributed by atoms with Crippen molar-refractivity contribution in [1.29, 1.82) is 0 Å². The van der Waals surface area contributed by atoms with Crippen LogP contribution < -0.4 is 10.9 Å². The Morgan fingerprint density at radius 1 is 1.38 bits per heavy atom. The third kappa shape index (κ3) is 3.92. The Labute approximate surface area is 149 Å². The molecule has 0 bridgehead atoms. The van der Waals surface area contributed by atoms with Gasteiger partial charge in [0.2, 0.25) is 0 Å². The molecule has 6 nitrogen and oxygen atoms in total. The molecule has 1 saturated heterocycles. The monoisotopic (exact) mass is 367 g/mol. The summed E-state index contributed by atoms with van der Waals surface area (Å²) in [6, 6.07) is 1.95. The fraction of sp³-hybridized carbons (Fsp3) is 0.562. The molecule has 0 unspecified atom stereocenters. The van der Waals surface area contributed by atoms with Crippen LogP contribution >= 0.6 is 23.1 Å². The van der Waals surface area contributed by atoms with Crippen molar-refractivity contribution in [1.82, 2.24) is 15.8 Å². The fourth-order valence-electron chi connectivity index (χ4n) is 3.03. The van der Waals surface area contributed by atoms with Crippen LogP contribution in [0.15, 0.2) is 6.07 Å². The zero-order valence-electron chi connectivity index (χ0n) is 13.6. The number of hydrogen-bond donors (Lipinski definition) is 2. The van der Waals surface area contributed by atoms with Crippen LogP contribution in [0.2, 0.25) is 0 Å². The van der Waals surface area contributed by atoms with E-state index in [1.165, 1.54) is 51.3 Å². The highest BCUT2D eigenvalue weighted by Crippen LogP contribution is 2.33. The lowest BCUT2D eigenvalue weighted by molar-refractivity contribution is -0.122. The molecule has 0 spiro atoms. The molecule has 130 valence electrons. The molecule has 1 aliphatic heterocycles. The average Bonchev–Trinajstić information content (AvgIpc) is 3.18. The molecule has 0 radical (unpaired) electrons. The molecule has 1 atom stereocenters. The minimum Gasteiger partial charge on any atom is -0.323 e. The molecule has 2 heterocycles. The molecular weight excluding hydrogens is 346 g/mol. The lowest BCUT2D eigenvalue weighted by Gasteiger charge is -2.19. The van der Waals surface area contributed by atoms with E-state index in [1.807, 2.05) is 6.07 Å². The molecule has 3 amide bonds. The van der Waals surface area contributed by atoms with E-state index in [-0.39, 0.29) is 23.6 Å². The molecule has 8 heteroatoms. The van der Waals surface area contributed by atoms with Crippen molar-refractivity contribution < 1.29 is 14.4 Å². The quantitative estimate of drug-likeness (QED) is 0.800. The first-order valence-corrected chi connectivity index (χ1v) is 9.99. The van der Waals surface area contributed by atoms with Crippen molar-refractivity contribution in [3.8, 4) is 0 Å². The van der Waals surface area contributed by atoms with Crippen LogP contribution in [0.25, 0.3) is 0 Å². The van der Waals surface area contributed by atoms with Crippen molar-refractivity contribution in [2.45, 2.75) is 32.6 Å². The number of nitrogens with zero attached hydrogens (tertiary/aromatic N) is 1. The Balaban J connectivity index is 1.51. The van der Waals surface area contributed by atoms with E-state index in [1.54, 1.807) is 0 Å². The minimum absolute atomic E-state index is 0.0226. The number of hydrazine groups is 1. The van der Waals surface area contributed by atoms with Crippen molar-refractivity contribution in [3.63, 3.8) is 0 Å². The number of carbonyl (C=O) groups is 3. The Kier molecular flexibility index (Phi) is 5.45. The van der Waals surface area contributed by atoms with Gasteiger partial charge in [0.25, 0.3) is 17.1 Å². The van der Waals surface area contributed by atoms with Gasteiger partial charge < -0.3 is 4.90 Å². The van der Waals surface area contributed by atoms with Gasteiger partial charge in [-0.3, -0.25) is 25.2 Å². The van der Waals surface area contributed by atoms with Crippen LogP contribution in [0.3, 0.4) is 0 Å². The smallest absolute Gasteiger partial charge is 0.282 e. The first kappa shape index (κ1) is 17.3. The Morgan fingerprint density at radius 3 is 2.92 bits per heavy atom. The summed E-state index contributed by atoms with van der Waals surface area (Å²) in [4.78, 5) is 38.9. The summed E-state index contributed by atoms with van der Waals surface area (Å²) in [7, 11) is 0. The van der Waals surface area contributed by atoms with Gasteiger partial charge in [0.1, 0.15) is 6.54 Å². The molecule has 0 aromatic carbocycles. The summed E-state index contributed by atoms with van der Waals surface area (Å²) in [5.41, 5.74) is 6.12. The van der Waals surface area contributed by atoms with Crippen LogP contribution in [0.4, 0.5) is 4.79 Å². The molecule has 24 heavy (non-hydrogen) atoms. The van der Waals surface area contributed by atoms with E-state index < -0.39 is 0 Å². The van der Waals surface area contributed by atoms with E-state index in [0.29, 0.717) is 23.1 Å². The predicted molar refractivity (Wildman–Crippen MR) is 95.2 cm³/mol. The van der Waals surface area contributed by atoms with Crippen LogP contribution in [-0.4, -0.2) is 40.8 Å². The van der Waals surface area contributed by atoms with E-state index in [4.69, 9.17) is 0 Å². The summed E-state index contributed by atoms with van der Waals surface area (Å²) in [6.45, 7) is 2.75. The van der Waals surface area contributed by atoms with Crippen LogP contribution in [0.5, 0.6) is 0 Å².